The molecule has 0 radical (unpaired) electrons. The van der Waals surface area contributed by atoms with Crippen LogP contribution in [0.2, 0.25) is 0 Å². The minimum atomic E-state index is -0.662. The van der Waals surface area contributed by atoms with Gasteiger partial charge < -0.3 is 19.4 Å². The fourth-order valence-electron chi connectivity index (χ4n) is 4.20. The molecule has 6 nitrogen and oxygen atoms in total. The summed E-state index contributed by atoms with van der Waals surface area (Å²) in [5.41, 5.74) is 4.28. The fourth-order valence-corrected chi connectivity index (χ4v) is 4.20. The van der Waals surface area contributed by atoms with Crippen molar-refractivity contribution < 1.29 is 18.7 Å². The van der Waals surface area contributed by atoms with Crippen LogP contribution in [-0.2, 0) is 11.2 Å². The monoisotopic (exact) mass is 444 g/mol. The van der Waals surface area contributed by atoms with Crippen LogP contribution in [0.4, 0.5) is 0 Å². The van der Waals surface area contributed by atoms with E-state index in [-0.39, 0.29) is 17.9 Å². The van der Waals surface area contributed by atoms with Gasteiger partial charge >= 0.3 is 0 Å². The zero-order valence-corrected chi connectivity index (χ0v) is 18.9. The number of benzene rings is 2. The van der Waals surface area contributed by atoms with Gasteiger partial charge in [-0.3, -0.25) is 9.59 Å². The third-order valence-corrected chi connectivity index (χ3v) is 5.80. The molecule has 1 aromatic heterocycles. The Kier molecular flexibility index (Phi) is 6.63. The lowest BCUT2D eigenvalue weighted by Gasteiger charge is -2.37. The van der Waals surface area contributed by atoms with E-state index in [0.29, 0.717) is 24.6 Å². The number of carbonyl (C=O) groups excluding carboxylic acids is 2. The van der Waals surface area contributed by atoms with Crippen molar-refractivity contribution in [3.8, 4) is 5.75 Å². The lowest BCUT2D eigenvalue weighted by Crippen LogP contribution is -2.40. The van der Waals surface area contributed by atoms with Gasteiger partial charge in [0, 0.05) is 13.1 Å². The molecule has 0 aliphatic carbocycles. The summed E-state index contributed by atoms with van der Waals surface area (Å²) in [5, 5.41) is 2.75. The molecule has 2 amide bonds. The summed E-state index contributed by atoms with van der Waals surface area (Å²) in [6, 6.07) is 17.1. The standard InChI is InChI=1S/C27H28N2O4/c1-4-13-28-26(30)19(3)33-22-11-10-20-12-14-29(27(31)24-9-6-15-32-24)25(23(20)17-22)21-8-5-7-18(2)16-21/h4-11,15-17,19,25H,1,12-14H2,2-3H3,(H,28,30). The topological polar surface area (TPSA) is 71.8 Å². The maximum Gasteiger partial charge on any atom is 0.290 e. The van der Waals surface area contributed by atoms with Gasteiger partial charge in [0.2, 0.25) is 0 Å². The number of rotatable bonds is 7. The van der Waals surface area contributed by atoms with Gasteiger partial charge in [-0.2, -0.15) is 0 Å². The molecule has 2 unspecified atom stereocenters. The number of nitrogens with one attached hydrogen (secondary N) is 1. The second kappa shape index (κ2) is 9.77. The zero-order chi connectivity index (χ0) is 23.4. The fraction of sp³-hybridized carbons (Fsp3) is 0.259. The number of nitrogens with zero attached hydrogens (tertiary/aromatic N) is 1. The molecule has 0 bridgehead atoms. The predicted octanol–water partition coefficient (Wildman–Crippen LogP) is 4.45. The average Bonchev–Trinajstić information content (AvgIpc) is 3.36. The van der Waals surface area contributed by atoms with E-state index in [1.165, 1.54) is 6.26 Å². The predicted molar refractivity (Wildman–Crippen MR) is 126 cm³/mol. The molecule has 33 heavy (non-hydrogen) atoms. The first-order chi connectivity index (χ1) is 16.0. The van der Waals surface area contributed by atoms with Crippen molar-refractivity contribution in [1.82, 2.24) is 10.2 Å². The third-order valence-electron chi connectivity index (χ3n) is 5.80. The molecular formula is C27H28N2O4. The third kappa shape index (κ3) is 4.85. The summed E-state index contributed by atoms with van der Waals surface area (Å²) in [5.74, 6) is 0.536. The molecule has 2 aromatic carbocycles. The molecule has 4 rings (SSSR count). The Hall–Kier alpha value is -3.80. The molecular weight excluding hydrogens is 416 g/mol. The maximum absolute atomic E-state index is 13.3. The first kappa shape index (κ1) is 22.4. The number of hydrogen-bond acceptors (Lipinski definition) is 4. The van der Waals surface area contributed by atoms with E-state index in [9.17, 15) is 9.59 Å². The van der Waals surface area contributed by atoms with Gasteiger partial charge in [-0.1, -0.05) is 42.0 Å². The van der Waals surface area contributed by atoms with Crippen LogP contribution in [-0.4, -0.2) is 35.9 Å². The molecule has 1 N–H and O–H groups in total. The summed E-state index contributed by atoms with van der Waals surface area (Å²) < 4.78 is 11.4. The van der Waals surface area contributed by atoms with Crippen molar-refractivity contribution in [2.45, 2.75) is 32.4 Å². The second-order valence-corrected chi connectivity index (χ2v) is 8.20. The van der Waals surface area contributed by atoms with Crippen molar-refractivity contribution in [1.29, 1.82) is 0 Å². The molecule has 0 saturated carbocycles. The van der Waals surface area contributed by atoms with Crippen molar-refractivity contribution in [2.24, 2.45) is 0 Å². The van der Waals surface area contributed by atoms with E-state index in [1.54, 1.807) is 25.1 Å². The molecule has 0 spiro atoms. The van der Waals surface area contributed by atoms with E-state index in [2.05, 4.69) is 18.0 Å². The zero-order valence-electron chi connectivity index (χ0n) is 18.9. The van der Waals surface area contributed by atoms with Gasteiger partial charge in [-0.15, -0.1) is 6.58 Å². The Morgan fingerprint density at radius 3 is 2.82 bits per heavy atom. The summed E-state index contributed by atoms with van der Waals surface area (Å²) >= 11 is 0. The minimum absolute atomic E-state index is 0.152. The Bertz CT molecular complexity index is 1150. The van der Waals surface area contributed by atoms with Crippen LogP contribution in [0.3, 0.4) is 0 Å². The highest BCUT2D eigenvalue weighted by atomic mass is 16.5. The van der Waals surface area contributed by atoms with Crippen molar-refractivity contribution in [3.63, 3.8) is 0 Å². The Balaban J connectivity index is 1.70. The van der Waals surface area contributed by atoms with Crippen LogP contribution in [0, 0.1) is 6.92 Å². The summed E-state index contributed by atoms with van der Waals surface area (Å²) in [4.78, 5) is 27.4. The molecule has 0 fully saturated rings. The number of ether oxygens (including phenoxy) is 1. The molecule has 1 aliphatic heterocycles. The number of furan rings is 1. The number of hydrogen-bond donors (Lipinski definition) is 1. The molecule has 3 aromatic rings. The molecule has 170 valence electrons. The normalized spacial score (nSPS) is 15.9. The number of amides is 2. The van der Waals surface area contributed by atoms with Crippen molar-refractivity contribution in [2.75, 3.05) is 13.1 Å². The van der Waals surface area contributed by atoms with Gasteiger partial charge in [-0.05, 0) is 61.2 Å². The van der Waals surface area contributed by atoms with Gasteiger partial charge in [-0.25, -0.2) is 0 Å². The van der Waals surface area contributed by atoms with Crippen LogP contribution in [0.25, 0.3) is 0 Å². The highest BCUT2D eigenvalue weighted by Gasteiger charge is 2.34. The molecule has 0 saturated heterocycles. The molecule has 2 atom stereocenters. The lowest BCUT2D eigenvalue weighted by molar-refractivity contribution is -0.127. The molecule has 1 aliphatic rings. The minimum Gasteiger partial charge on any atom is -0.481 e. The van der Waals surface area contributed by atoms with Crippen LogP contribution >= 0.6 is 0 Å². The van der Waals surface area contributed by atoms with Crippen LogP contribution < -0.4 is 10.1 Å². The van der Waals surface area contributed by atoms with Gasteiger partial charge in [0.25, 0.3) is 11.8 Å². The first-order valence-electron chi connectivity index (χ1n) is 11.1. The number of fused-ring (bicyclic) bond motifs is 1. The second-order valence-electron chi connectivity index (χ2n) is 8.20. The van der Waals surface area contributed by atoms with Gasteiger partial charge in [0.15, 0.2) is 11.9 Å². The average molecular weight is 445 g/mol. The largest absolute Gasteiger partial charge is 0.481 e. The van der Waals surface area contributed by atoms with E-state index < -0.39 is 6.10 Å². The highest BCUT2D eigenvalue weighted by molar-refractivity contribution is 5.92. The lowest BCUT2D eigenvalue weighted by atomic mass is 9.87. The van der Waals surface area contributed by atoms with E-state index in [1.807, 2.05) is 48.2 Å². The van der Waals surface area contributed by atoms with Gasteiger partial charge in [0.1, 0.15) is 5.75 Å². The Morgan fingerprint density at radius 1 is 1.24 bits per heavy atom. The first-order valence-corrected chi connectivity index (χ1v) is 11.1. The maximum atomic E-state index is 13.3. The SMILES string of the molecule is C=CCNC(=O)C(C)Oc1ccc2c(c1)C(c1cccc(C)c1)N(C(=O)c1ccco1)CC2. The van der Waals surface area contributed by atoms with E-state index in [4.69, 9.17) is 9.15 Å². The van der Waals surface area contributed by atoms with Crippen molar-refractivity contribution >= 4 is 11.8 Å². The number of carbonyl (C=O) groups is 2. The van der Waals surface area contributed by atoms with E-state index in [0.717, 1.165) is 28.7 Å². The molecule has 2 heterocycles. The highest BCUT2D eigenvalue weighted by Crippen LogP contribution is 2.38. The van der Waals surface area contributed by atoms with E-state index >= 15 is 0 Å². The smallest absolute Gasteiger partial charge is 0.290 e. The van der Waals surface area contributed by atoms with Crippen LogP contribution in [0.15, 0.2) is 77.9 Å². The summed E-state index contributed by atoms with van der Waals surface area (Å²) in [6.45, 7) is 8.32. The Labute approximate surface area is 193 Å². The van der Waals surface area contributed by atoms with Gasteiger partial charge in [0.05, 0.1) is 12.3 Å². The van der Waals surface area contributed by atoms with Crippen LogP contribution in [0.5, 0.6) is 5.75 Å². The summed E-state index contributed by atoms with van der Waals surface area (Å²) in [7, 11) is 0. The molecule has 6 heteroatoms. The quantitative estimate of drug-likeness (QED) is 0.547. The summed E-state index contributed by atoms with van der Waals surface area (Å²) in [6.07, 6.45) is 3.20. The number of aryl methyl sites for hydroxylation is 1. The van der Waals surface area contributed by atoms with Crippen LogP contribution in [0.1, 0.15) is 45.8 Å². The van der Waals surface area contributed by atoms with Crippen molar-refractivity contribution in [3.05, 3.63) is 102 Å². The Morgan fingerprint density at radius 2 is 2.09 bits per heavy atom.